The summed E-state index contributed by atoms with van der Waals surface area (Å²) in [7, 11) is 0. The number of halogens is 2. The van der Waals surface area contributed by atoms with E-state index in [4.69, 9.17) is 5.73 Å². The lowest BCUT2D eigenvalue weighted by molar-refractivity contribution is -0.120. The Morgan fingerprint density at radius 2 is 1.88 bits per heavy atom. The summed E-state index contributed by atoms with van der Waals surface area (Å²) >= 11 is 0. The van der Waals surface area contributed by atoms with Crippen LogP contribution in [0.5, 0.6) is 0 Å². The van der Waals surface area contributed by atoms with Gasteiger partial charge in [-0.15, -0.1) is 0 Å². The number of carbonyl (C=O) groups is 1. The number of primary amides is 1. The van der Waals surface area contributed by atoms with E-state index in [1.165, 1.54) is 0 Å². The van der Waals surface area contributed by atoms with E-state index < -0.39 is 23.6 Å². The number of hydrogen-bond donors (Lipinski definition) is 2. The van der Waals surface area contributed by atoms with Crippen LogP contribution in [-0.2, 0) is 4.79 Å². The zero-order chi connectivity index (χ0) is 13.0. The van der Waals surface area contributed by atoms with Gasteiger partial charge in [0.05, 0.1) is 0 Å². The van der Waals surface area contributed by atoms with Gasteiger partial charge in [0.15, 0.2) is 0 Å². The Bertz CT molecular complexity index is 389. The molecular formula is C12H16F2N2O. The summed E-state index contributed by atoms with van der Waals surface area (Å²) in [5.41, 5.74) is 5.43. The van der Waals surface area contributed by atoms with Gasteiger partial charge in [0, 0.05) is 12.1 Å². The Morgan fingerprint density at radius 3 is 2.29 bits per heavy atom. The van der Waals surface area contributed by atoms with Crippen LogP contribution in [0.2, 0.25) is 0 Å². The van der Waals surface area contributed by atoms with Gasteiger partial charge in [-0.3, -0.25) is 10.1 Å². The van der Waals surface area contributed by atoms with Gasteiger partial charge in [0.25, 0.3) is 0 Å². The van der Waals surface area contributed by atoms with Crippen molar-refractivity contribution in [3.05, 3.63) is 35.4 Å². The predicted octanol–water partition coefficient (Wildman–Crippen LogP) is 1.88. The van der Waals surface area contributed by atoms with E-state index in [0.29, 0.717) is 0 Å². The standard InChI is InChI=1S/C12H16F2N2O/c1-3-7(2)16-11(12(15)17)8-4-9(13)6-10(14)5-8/h4-7,11,16H,3H2,1-2H3,(H2,15,17). The van der Waals surface area contributed by atoms with E-state index >= 15 is 0 Å². The molecule has 1 aromatic carbocycles. The summed E-state index contributed by atoms with van der Waals surface area (Å²) in [5, 5.41) is 2.93. The van der Waals surface area contributed by atoms with E-state index in [9.17, 15) is 13.6 Å². The van der Waals surface area contributed by atoms with E-state index in [0.717, 1.165) is 24.6 Å². The van der Waals surface area contributed by atoms with Crippen molar-refractivity contribution in [1.82, 2.24) is 5.32 Å². The second-order valence-corrected chi connectivity index (χ2v) is 4.01. The first-order valence-electron chi connectivity index (χ1n) is 5.45. The average Bonchev–Trinajstić information content (AvgIpc) is 2.23. The number of benzene rings is 1. The van der Waals surface area contributed by atoms with E-state index in [2.05, 4.69) is 5.32 Å². The van der Waals surface area contributed by atoms with Gasteiger partial charge >= 0.3 is 0 Å². The maximum absolute atomic E-state index is 13.1. The Kier molecular flexibility index (Phi) is 4.57. The highest BCUT2D eigenvalue weighted by Crippen LogP contribution is 2.17. The monoisotopic (exact) mass is 242 g/mol. The summed E-state index contributed by atoms with van der Waals surface area (Å²) in [6.45, 7) is 3.80. The zero-order valence-electron chi connectivity index (χ0n) is 9.84. The quantitative estimate of drug-likeness (QED) is 0.828. The highest BCUT2D eigenvalue weighted by Gasteiger charge is 2.20. The van der Waals surface area contributed by atoms with Crippen molar-refractivity contribution in [2.45, 2.75) is 32.4 Å². The summed E-state index contributed by atoms with van der Waals surface area (Å²) < 4.78 is 26.1. The molecule has 1 amide bonds. The molecule has 0 spiro atoms. The molecule has 5 heteroatoms. The second kappa shape index (κ2) is 5.72. The largest absolute Gasteiger partial charge is 0.368 e. The zero-order valence-corrected chi connectivity index (χ0v) is 9.84. The highest BCUT2D eigenvalue weighted by molar-refractivity contribution is 5.81. The normalized spacial score (nSPS) is 14.4. The van der Waals surface area contributed by atoms with Crippen LogP contribution in [0.15, 0.2) is 18.2 Å². The van der Waals surface area contributed by atoms with E-state index in [1.54, 1.807) is 0 Å². The third-order valence-electron chi connectivity index (χ3n) is 2.57. The lowest BCUT2D eigenvalue weighted by atomic mass is 10.0. The van der Waals surface area contributed by atoms with Crippen molar-refractivity contribution in [3.8, 4) is 0 Å². The maximum atomic E-state index is 13.1. The SMILES string of the molecule is CCC(C)NC(C(N)=O)c1cc(F)cc(F)c1. The minimum atomic E-state index is -0.879. The molecule has 17 heavy (non-hydrogen) atoms. The number of hydrogen-bond acceptors (Lipinski definition) is 2. The smallest absolute Gasteiger partial charge is 0.239 e. The minimum absolute atomic E-state index is 0.0267. The van der Waals surface area contributed by atoms with Crippen molar-refractivity contribution in [2.24, 2.45) is 5.73 Å². The van der Waals surface area contributed by atoms with Crippen LogP contribution in [0.3, 0.4) is 0 Å². The van der Waals surface area contributed by atoms with Gasteiger partial charge in [-0.1, -0.05) is 6.92 Å². The number of rotatable bonds is 5. The molecule has 0 aliphatic heterocycles. The molecule has 1 rings (SSSR count). The number of nitrogens with one attached hydrogen (secondary N) is 1. The van der Waals surface area contributed by atoms with Crippen molar-refractivity contribution in [2.75, 3.05) is 0 Å². The van der Waals surface area contributed by atoms with Gasteiger partial charge in [-0.05, 0) is 31.0 Å². The second-order valence-electron chi connectivity index (χ2n) is 4.01. The molecule has 0 radical (unpaired) electrons. The molecule has 0 saturated heterocycles. The molecule has 2 atom stereocenters. The molecule has 0 aromatic heterocycles. The molecular weight excluding hydrogens is 226 g/mol. The highest BCUT2D eigenvalue weighted by atomic mass is 19.1. The molecule has 0 aliphatic rings. The Labute approximate surface area is 99.0 Å². The lowest BCUT2D eigenvalue weighted by Gasteiger charge is -2.20. The number of amides is 1. The third-order valence-corrected chi connectivity index (χ3v) is 2.57. The van der Waals surface area contributed by atoms with Crippen LogP contribution in [0.4, 0.5) is 8.78 Å². The molecule has 1 aromatic rings. The van der Waals surface area contributed by atoms with Crippen LogP contribution in [0, 0.1) is 11.6 Å². The Hall–Kier alpha value is -1.49. The molecule has 0 aliphatic carbocycles. The topological polar surface area (TPSA) is 55.1 Å². The van der Waals surface area contributed by atoms with Crippen molar-refractivity contribution in [1.29, 1.82) is 0 Å². The van der Waals surface area contributed by atoms with Crippen molar-refractivity contribution in [3.63, 3.8) is 0 Å². The van der Waals surface area contributed by atoms with Crippen molar-refractivity contribution < 1.29 is 13.6 Å². The first-order valence-corrected chi connectivity index (χ1v) is 5.45. The minimum Gasteiger partial charge on any atom is -0.368 e. The van der Waals surface area contributed by atoms with E-state index in [-0.39, 0.29) is 11.6 Å². The fraction of sp³-hybridized carbons (Fsp3) is 0.417. The molecule has 3 nitrogen and oxygen atoms in total. The first kappa shape index (κ1) is 13.6. The van der Waals surface area contributed by atoms with E-state index in [1.807, 2.05) is 13.8 Å². The average molecular weight is 242 g/mol. The van der Waals surface area contributed by atoms with Gasteiger partial charge in [-0.2, -0.15) is 0 Å². The molecule has 2 unspecified atom stereocenters. The molecule has 3 N–H and O–H groups in total. The van der Waals surface area contributed by atoms with Crippen molar-refractivity contribution >= 4 is 5.91 Å². The van der Waals surface area contributed by atoms with Crippen LogP contribution in [-0.4, -0.2) is 11.9 Å². The predicted molar refractivity (Wildman–Crippen MR) is 61.2 cm³/mol. The number of nitrogens with two attached hydrogens (primary N) is 1. The van der Waals surface area contributed by atoms with Crippen LogP contribution in [0.1, 0.15) is 31.9 Å². The van der Waals surface area contributed by atoms with Crippen LogP contribution in [0.25, 0.3) is 0 Å². The number of carbonyl (C=O) groups excluding carboxylic acids is 1. The lowest BCUT2D eigenvalue weighted by Crippen LogP contribution is -2.38. The molecule has 0 fully saturated rings. The first-order chi connectivity index (χ1) is 7.93. The van der Waals surface area contributed by atoms with Gasteiger partial charge < -0.3 is 5.73 Å². The fourth-order valence-corrected chi connectivity index (χ4v) is 1.49. The van der Waals surface area contributed by atoms with Gasteiger partial charge in [0.2, 0.25) is 5.91 Å². The molecule has 0 bridgehead atoms. The summed E-state index contributed by atoms with van der Waals surface area (Å²) in [6, 6.07) is 2.11. The van der Waals surface area contributed by atoms with Crippen LogP contribution < -0.4 is 11.1 Å². The fourth-order valence-electron chi connectivity index (χ4n) is 1.49. The molecule has 0 heterocycles. The van der Waals surface area contributed by atoms with Gasteiger partial charge in [0.1, 0.15) is 17.7 Å². The summed E-state index contributed by atoms with van der Waals surface area (Å²) in [6.07, 6.45) is 0.779. The summed E-state index contributed by atoms with van der Waals surface area (Å²) in [5.74, 6) is -2.11. The third kappa shape index (κ3) is 3.78. The Balaban J connectivity index is 3.01. The van der Waals surface area contributed by atoms with Gasteiger partial charge in [-0.25, -0.2) is 8.78 Å². The maximum Gasteiger partial charge on any atom is 0.239 e. The Morgan fingerprint density at radius 1 is 1.35 bits per heavy atom. The molecule has 0 saturated carbocycles. The molecule has 94 valence electrons. The van der Waals surface area contributed by atoms with Crippen LogP contribution >= 0.6 is 0 Å². The summed E-state index contributed by atoms with van der Waals surface area (Å²) in [4.78, 5) is 11.3.